The maximum absolute atomic E-state index is 13.3. The molecule has 5 nitrogen and oxygen atoms in total. The number of amides is 1. The number of nitrogens with zero attached hydrogens (tertiary/aromatic N) is 1. The van der Waals surface area contributed by atoms with Gasteiger partial charge in [-0.15, -0.1) is 0 Å². The second-order valence-corrected chi connectivity index (χ2v) is 6.61. The lowest BCUT2D eigenvalue weighted by Crippen LogP contribution is -2.46. The number of carbonyl (C=O) groups is 2. The number of aldehydes is 1. The molecule has 0 aromatic heterocycles. The molecule has 0 spiro atoms. The Morgan fingerprint density at radius 1 is 1.39 bits per heavy atom. The average molecular weight is 323 g/mol. The summed E-state index contributed by atoms with van der Waals surface area (Å²) in [5.41, 5.74) is -0.265. The maximum atomic E-state index is 13.3. The number of ether oxygens (including phenoxy) is 2. The lowest BCUT2D eigenvalue weighted by molar-refractivity contribution is 0.00763. The lowest BCUT2D eigenvalue weighted by atomic mass is 10.1. The summed E-state index contributed by atoms with van der Waals surface area (Å²) in [5, 5.41) is 0. The first-order chi connectivity index (χ1) is 10.8. The van der Waals surface area contributed by atoms with Crippen LogP contribution in [0.3, 0.4) is 0 Å². The van der Waals surface area contributed by atoms with E-state index < -0.39 is 11.4 Å². The van der Waals surface area contributed by atoms with Crippen molar-refractivity contribution in [2.75, 3.05) is 13.1 Å². The Bertz CT molecular complexity index is 582. The zero-order valence-corrected chi connectivity index (χ0v) is 13.7. The van der Waals surface area contributed by atoms with Crippen molar-refractivity contribution in [1.29, 1.82) is 0 Å². The summed E-state index contributed by atoms with van der Waals surface area (Å²) < 4.78 is 24.5. The minimum Gasteiger partial charge on any atom is -0.488 e. The highest BCUT2D eigenvalue weighted by Crippen LogP contribution is 2.23. The normalized spacial score (nSPS) is 18.4. The molecule has 1 amide bonds. The smallest absolute Gasteiger partial charge is 0.410 e. The molecule has 1 fully saturated rings. The molecule has 1 atom stereocenters. The summed E-state index contributed by atoms with van der Waals surface area (Å²) in [6.07, 6.45) is 1.44. The summed E-state index contributed by atoms with van der Waals surface area (Å²) >= 11 is 0. The Morgan fingerprint density at radius 2 is 2.13 bits per heavy atom. The number of piperidine rings is 1. The lowest BCUT2D eigenvalue weighted by Gasteiger charge is -2.34. The Kier molecular flexibility index (Phi) is 5.23. The standard InChI is InChI=1S/C17H22FNO4/c1-17(2,3)23-16(21)19-8-4-5-14(10-19)22-15-9-13(18)7-6-12(15)11-20/h6-7,9,11,14H,4-5,8,10H2,1-3H3. The van der Waals surface area contributed by atoms with Crippen LogP contribution < -0.4 is 4.74 Å². The predicted octanol–water partition coefficient (Wildman–Crippen LogP) is 3.42. The second kappa shape index (κ2) is 6.98. The zero-order valence-electron chi connectivity index (χ0n) is 13.7. The van der Waals surface area contributed by atoms with Gasteiger partial charge in [0.1, 0.15) is 23.3 Å². The quantitative estimate of drug-likeness (QED) is 0.800. The van der Waals surface area contributed by atoms with Gasteiger partial charge in [0.2, 0.25) is 0 Å². The van der Waals surface area contributed by atoms with E-state index in [4.69, 9.17) is 9.47 Å². The van der Waals surface area contributed by atoms with E-state index in [0.717, 1.165) is 12.8 Å². The fraction of sp³-hybridized carbons (Fsp3) is 0.529. The molecule has 23 heavy (non-hydrogen) atoms. The molecule has 1 saturated heterocycles. The monoisotopic (exact) mass is 323 g/mol. The van der Waals surface area contributed by atoms with E-state index in [1.807, 2.05) is 20.8 Å². The third-order valence-corrected chi connectivity index (χ3v) is 3.43. The molecule has 0 N–H and O–H groups in total. The molecule has 6 heteroatoms. The summed E-state index contributed by atoms with van der Waals surface area (Å²) in [6.45, 7) is 6.38. The largest absolute Gasteiger partial charge is 0.488 e. The van der Waals surface area contributed by atoms with E-state index in [9.17, 15) is 14.0 Å². The first-order valence-electron chi connectivity index (χ1n) is 7.68. The van der Waals surface area contributed by atoms with Crippen LogP contribution in [0.4, 0.5) is 9.18 Å². The van der Waals surface area contributed by atoms with Crippen molar-refractivity contribution in [2.24, 2.45) is 0 Å². The number of likely N-dealkylation sites (tertiary alicyclic amines) is 1. The van der Waals surface area contributed by atoms with Crippen LogP contribution >= 0.6 is 0 Å². The highest BCUT2D eigenvalue weighted by atomic mass is 19.1. The van der Waals surface area contributed by atoms with E-state index in [0.29, 0.717) is 24.9 Å². The van der Waals surface area contributed by atoms with E-state index in [-0.39, 0.29) is 17.9 Å². The van der Waals surface area contributed by atoms with Crippen molar-refractivity contribution in [3.63, 3.8) is 0 Å². The number of hydrogen-bond acceptors (Lipinski definition) is 4. The maximum Gasteiger partial charge on any atom is 0.410 e. The highest BCUT2D eigenvalue weighted by molar-refractivity contribution is 5.79. The van der Waals surface area contributed by atoms with Crippen LogP contribution in [0.5, 0.6) is 5.75 Å². The van der Waals surface area contributed by atoms with Crippen LogP contribution in [0.1, 0.15) is 44.0 Å². The Balaban J connectivity index is 2.03. The molecule has 1 aliphatic heterocycles. The highest BCUT2D eigenvalue weighted by Gasteiger charge is 2.28. The van der Waals surface area contributed by atoms with Gasteiger partial charge in [-0.1, -0.05) is 0 Å². The van der Waals surface area contributed by atoms with Gasteiger partial charge in [0, 0.05) is 12.6 Å². The minimum atomic E-state index is -0.557. The summed E-state index contributed by atoms with van der Waals surface area (Å²) in [7, 11) is 0. The third-order valence-electron chi connectivity index (χ3n) is 3.43. The Labute approximate surface area is 135 Å². The molecule has 0 radical (unpaired) electrons. The average Bonchev–Trinajstić information content (AvgIpc) is 2.46. The van der Waals surface area contributed by atoms with Gasteiger partial charge in [-0.3, -0.25) is 4.79 Å². The van der Waals surface area contributed by atoms with Crippen molar-refractivity contribution < 1.29 is 23.5 Å². The van der Waals surface area contributed by atoms with Crippen LogP contribution in [0, 0.1) is 5.82 Å². The predicted molar refractivity (Wildman–Crippen MR) is 83.2 cm³/mol. The molecule has 0 bridgehead atoms. The van der Waals surface area contributed by atoms with Gasteiger partial charge in [-0.25, -0.2) is 9.18 Å². The molecule has 1 aromatic carbocycles. The SMILES string of the molecule is CC(C)(C)OC(=O)N1CCCC(Oc2cc(F)ccc2C=O)C1. The van der Waals surface area contributed by atoms with Crippen molar-refractivity contribution in [2.45, 2.75) is 45.3 Å². The van der Waals surface area contributed by atoms with Crippen molar-refractivity contribution in [3.05, 3.63) is 29.6 Å². The summed E-state index contributed by atoms with van der Waals surface area (Å²) in [4.78, 5) is 24.7. The van der Waals surface area contributed by atoms with Gasteiger partial charge in [0.25, 0.3) is 0 Å². The van der Waals surface area contributed by atoms with Gasteiger partial charge >= 0.3 is 6.09 Å². The number of hydrogen-bond donors (Lipinski definition) is 0. The van der Waals surface area contributed by atoms with Gasteiger partial charge in [0.05, 0.1) is 12.1 Å². The fourth-order valence-electron chi connectivity index (χ4n) is 2.41. The molecule has 0 saturated carbocycles. The molecule has 1 heterocycles. The van der Waals surface area contributed by atoms with Crippen LogP contribution in [0.15, 0.2) is 18.2 Å². The van der Waals surface area contributed by atoms with Crippen LogP contribution in [-0.2, 0) is 4.74 Å². The summed E-state index contributed by atoms with van der Waals surface area (Å²) in [5.74, 6) is -0.263. The van der Waals surface area contributed by atoms with E-state index >= 15 is 0 Å². The summed E-state index contributed by atoms with van der Waals surface area (Å²) in [6, 6.07) is 3.78. The van der Waals surface area contributed by atoms with Crippen molar-refractivity contribution in [3.8, 4) is 5.75 Å². The molecular formula is C17H22FNO4. The van der Waals surface area contributed by atoms with Crippen LogP contribution in [-0.4, -0.2) is 42.1 Å². The van der Waals surface area contributed by atoms with Crippen LogP contribution in [0.2, 0.25) is 0 Å². The van der Waals surface area contributed by atoms with Gasteiger partial charge < -0.3 is 14.4 Å². The number of halogens is 1. The van der Waals surface area contributed by atoms with E-state index in [1.54, 1.807) is 4.90 Å². The second-order valence-electron chi connectivity index (χ2n) is 6.61. The number of benzene rings is 1. The number of carbonyl (C=O) groups excluding carboxylic acids is 2. The molecule has 1 unspecified atom stereocenters. The first-order valence-corrected chi connectivity index (χ1v) is 7.68. The molecule has 0 aliphatic carbocycles. The Hall–Kier alpha value is -2.11. The molecule has 2 rings (SSSR count). The Morgan fingerprint density at radius 3 is 2.78 bits per heavy atom. The van der Waals surface area contributed by atoms with E-state index in [1.165, 1.54) is 18.2 Å². The molecule has 126 valence electrons. The van der Waals surface area contributed by atoms with Gasteiger partial charge in [-0.2, -0.15) is 0 Å². The number of rotatable bonds is 3. The topological polar surface area (TPSA) is 55.8 Å². The third kappa shape index (κ3) is 4.94. The fourth-order valence-corrected chi connectivity index (χ4v) is 2.41. The van der Waals surface area contributed by atoms with Crippen LogP contribution in [0.25, 0.3) is 0 Å². The van der Waals surface area contributed by atoms with Gasteiger partial charge in [-0.05, 0) is 45.7 Å². The van der Waals surface area contributed by atoms with Gasteiger partial charge in [0.15, 0.2) is 6.29 Å². The zero-order chi connectivity index (χ0) is 17.0. The molecule has 1 aliphatic rings. The minimum absolute atomic E-state index is 0.205. The van der Waals surface area contributed by atoms with Crippen molar-refractivity contribution in [1.82, 2.24) is 4.90 Å². The van der Waals surface area contributed by atoms with Crippen molar-refractivity contribution >= 4 is 12.4 Å². The first kappa shape index (κ1) is 17.2. The van der Waals surface area contributed by atoms with E-state index in [2.05, 4.69) is 0 Å². The molecule has 1 aromatic rings. The molecular weight excluding hydrogens is 301 g/mol.